The molecule has 1 amide bonds. The molecule has 5 nitrogen and oxygen atoms in total. The second kappa shape index (κ2) is 4.44. The molecule has 0 saturated carbocycles. The molecular weight excluding hydrogens is 242 g/mol. The third kappa shape index (κ3) is 1.90. The van der Waals surface area contributed by atoms with Gasteiger partial charge in [0.05, 0.1) is 5.69 Å². The first kappa shape index (κ1) is 12.0. The van der Waals surface area contributed by atoms with Gasteiger partial charge in [-0.3, -0.25) is 4.79 Å². The van der Waals surface area contributed by atoms with Crippen molar-refractivity contribution in [2.45, 2.75) is 0 Å². The summed E-state index contributed by atoms with van der Waals surface area (Å²) >= 11 is 0. The first-order valence-corrected chi connectivity index (χ1v) is 5.06. The summed E-state index contributed by atoms with van der Waals surface area (Å²) in [6.45, 7) is 0. The Morgan fingerprint density at radius 3 is 2.78 bits per heavy atom. The van der Waals surface area contributed by atoms with Gasteiger partial charge in [-0.15, -0.1) is 0 Å². The van der Waals surface area contributed by atoms with Crippen LogP contribution in [0.25, 0.3) is 5.69 Å². The van der Waals surface area contributed by atoms with Crippen LogP contribution in [0.4, 0.5) is 14.5 Å². The maximum absolute atomic E-state index is 13.6. The number of halogens is 2. The van der Waals surface area contributed by atoms with Crippen LogP contribution < -0.4 is 11.1 Å². The number of nitrogen functional groups attached to an aromatic ring is 1. The van der Waals surface area contributed by atoms with E-state index in [0.29, 0.717) is 0 Å². The highest BCUT2D eigenvalue weighted by Crippen LogP contribution is 2.22. The summed E-state index contributed by atoms with van der Waals surface area (Å²) < 4.78 is 27.8. The second-order valence-corrected chi connectivity index (χ2v) is 3.52. The number of nitrogens with two attached hydrogens (primary N) is 1. The Hall–Kier alpha value is -2.44. The summed E-state index contributed by atoms with van der Waals surface area (Å²) in [6.07, 6.45) is 1.33. The van der Waals surface area contributed by atoms with Crippen LogP contribution in [-0.2, 0) is 0 Å². The van der Waals surface area contributed by atoms with Gasteiger partial charge in [0.15, 0.2) is 17.3 Å². The van der Waals surface area contributed by atoms with Crippen molar-refractivity contribution < 1.29 is 13.6 Å². The van der Waals surface area contributed by atoms with Gasteiger partial charge in [0.2, 0.25) is 0 Å². The van der Waals surface area contributed by atoms with Gasteiger partial charge >= 0.3 is 0 Å². The van der Waals surface area contributed by atoms with E-state index in [9.17, 15) is 13.6 Å². The lowest BCUT2D eigenvalue weighted by Crippen LogP contribution is -2.18. The Morgan fingerprint density at radius 2 is 2.11 bits per heavy atom. The minimum atomic E-state index is -1.11. The smallest absolute Gasteiger partial charge is 0.271 e. The van der Waals surface area contributed by atoms with Crippen molar-refractivity contribution in [2.75, 3.05) is 12.8 Å². The Balaban J connectivity index is 2.53. The van der Waals surface area contributed by atoms with E-state index < -0.39 is 17.5 Å². The second-order valence-electron chi connectivity index (χ2n) is 3.52. The molecule has 0 bridgehead atoms. The molecule has 2 rings (SSSR count). The number of hydrogen-bond donors (Lipinski definition) is 2. The van der Waals surface area contributed by atoms with Gasteiger partial charge in [-0.2, -0.15) is 5.10 Å². The highest BCUT2D eigenvalue weighted by molar-refractivity contribution is 5.91. The van der Waals surface area contributed by atoms with Gasteiger partial charge in [-0.1, -0.05) is 0 Å². The van der Waals surface area contributed by atoms with E-state index in [1.165, 1.54) is 25.4 Å². The van der Waals surface area contributed by atoms with Gasteiger partial charge in [0.25, 0.3) is 5.91 Å². The lowest BCUT2D eigenvalue weighted by molar-refractivity contribution is 0.0957. The minimum absolute atomic E-state index is 0.0282. The number of nitrogens with zero attached hydrogens (tertiary/aromatic N) is 2. The number of carbonyl (C=O) groups is 1. The molecule has 0 spiro atoms. The topological polar surface area (TPSA) is 72.9 Å². The Morgan fingerprint density at radius 1 is 1.39 bits per heavy atom. The van der Waals surface area contributed by atoms with Crippen molar-refractivity contribution in [3.8, 4) is 5.69 Å². The molecule has 2 aromatic rings. The molecule has 94 valence electrons. The molecule has 1 aromatic carbocycles. The quantitative estimate of drug-likeness (QED) is 0.786. The Labute approximate surface area is 101 Å². The average molecular weight is 252 g/mol. The van der Waals surface area contributed by atoms with Crippen molar-refractivity contribution in [3.05, 3.63) is 41.7 Å². The SMILES string of the molecule is CNC(=O)c1ccn(-c2c(N)ccc(F)c2F)n1. The zero-order chi connectivity index (χ0) is 13.3. The Bertz CT molecular complexity index is 609. The van der Waals surface area contributed by atoms with Crippen LogP contribution in [0, 0.1) is 11.6 Å². The molecule has 0 aliphatic carbocycles. The van der Waals surface area contributed by atoms with Crippen LogP contribution in [0.5, 0.6) is 0 Å². The Kier molecular flexibility index (Phi) is 2.97. The first-order chi connectivity index (χ1) is 8.54. The predicted molar refractivity (Wildman–Crippen MR) is 61.3 cm³/mol. The normalized spacial score (nSPS) is 10.4. The third-order valence-electron chi connectivity index (χ3n) is 2.38. The molecule has 0 unspecified atom stereocenters. The monoisotopic (exact) mass is 252 g/mol. The molecule has 0 saturated heterocycles. The zero-order valence-electron chi connectivity index (χ0n) is 9.45. The summed E-state index contributed by atoms with van der Waals surface area (Å²) in [5.41, 5.74) is 5.47. The molecule has 0 fully saturated rings. The lowest BCUT2D eigenvalue weighted by Gasteiger charge is -2.07. The number of anilines is 1. The zero-order valence-corrected chi connectivity index (χ0v) is 9.45. The third-order valence-corrected chi connectivity index (χ3v) is 2.38. The van der Waals surface area contributed by atoms with Crippen LogP contribution in [-0.4, -0.2) is 22.7 Å². The summed E-state index contributed by atoms with van der Waals surface area (Å²) in [7, 11) is 1.44. The summed E-state index contributed by atoms with van der Waals surface area (Å²) in [4.78, 5) is 11.3. The standard InChI is InChI=1S/C11H10F2N4O/c1-15-11(18)8-4-5-17(16-8)10-7(14)3-2-6(12)9(10)13/h2-5H,14H2,1H3,(H,15,18). The maximum Gasteiger partial charge on any atom is 0.271 e. The van der Waals surface area contributed by atoms with Crippen LogP contribution in [0.3, 0.4) is 0 Å². The molecule has 0 aliphatic rings. The molecule has 0 atom stereocenters. The van der Waals surface area contributed by atoms with Crippen molar-refractivity contribution in [1.82, 2.24) is 15.1 Å². The van der Waals surface area contributed by atoms with Crippen LogP contribution in [0.15, 0.2) is 24.4 Å². The van der Waals surface area contributed by atoms with E-state index in [1.807, 2.05) is 0 Å². The molecule has 0 aliphatic heterocycles. The van der Waals surface area contributed by atoms with Crippen LogP contribution in [0.1, 0.15) is 10.5 Å². The molecule has 1 heterocycles. The lowest BCUT2D eigenvalue weighted by atomic mass is 10.2. The van der Waals surface area contributed by atoms with Gasteiger partial charge in [0.1, 0.15) is 5.69 Å². The number of rotatable bonds is 2. The van der Waals surface area contributed by atoms with E-state index in [2.05, 4.69) is 10.4 Å². The predicted octanol–water partition coefficient (Wildman–Crippen LogP) is 1.09. The number of nitrogens with one attached hydrogen (secondary N) is 1. The van der Waals surface area contributed by atoms with E-state index in [4.69, 9.17) is 5.73 Å². The number of benzene rings is 1. The van der Waals surface area contributed by atoms with Crippen LogP contribution >= 0.6 is 0 Å². The van der Waals surface area contributed by atoms with Crippen molar-refractivity contribution in [1.29, 1.82) is 0 Å². The minimum Gasteiger partial charge on any atom is -0.397 e. The molecule has 1 aromatic heterocycles. The fourth-order valence-corrected chi connectivity index (χ4v) is 1.49. The van der Waals surface area contributed by atoms with Crippen molar-refractivity contribution in [2.24, 2.45) is 0 Å². The summed E-state index contributed by atoms with van der Waals surface area (Å²) in [5, 5.41) is 6.20. The van der Waals surface area contributed by atoms with Crippen molar-refractivity contribution in [3.63, 3.8) is 0 Å². The van der Waals surface area contributed by atoms with E-state index >= 15 is 0 Å². The van der Waals surface area contributed by atoms with E-state index in [0.717, 1.165) is 10.7 Å². The molecule has 18 heavy (non-hydrogen) atoms. The van der Waals surface area contributed by atoms with Gasteiger partial charge in [-0.05, 0) is 18.2 Å². The van der Waals surface area contributed by atoms with Crippen LogP contribution in [0.2, 0.25) is 0 Å². The first-order valence-electron chi connectivity index (χ1n) is 5.06. The maximum atomic E-state index is 13.6. The fraction of sp³-hybridized carbons (Fsp3) is 0.0909. The number of hydrogen-bond acceptors (Lipinski definition) is 3. The molecule has 3 N–H and O–H groups in total. The number of amides is 1. The number of aromatic nitrogens is 2. The van der Waals surface area contributed by atoms with E-state index in [1.54, 1.807) is 0 Å². The summed E-state index contributed by atoms with van der Waals surface area (Å²) in [5.74, 6) is -2.57. The highest BCUT2D eigenvalue weighted by atomic mass is 19.2. The van der Waals surface area contributed by atoms with Gasteiger partial charge in [0, 0.05) is 13.2 Å². The largest absolute Gasteiger partial charge is 0.397 e. The number of carbonyl (C=O) groups excluding carboxylic acids is 1. The molecular formula is C11H10F2N4O. The molecule has 7 heteroatoms. The van der Waals surface area contributed by atoms with Crippen molar-refractivity contribution >= 4 is 11.6 Å². The molecule has 0 radical (unpaired) electrons. The van der Waals surface area contributed by atoms with E-state index in [-0.39, 0.29) is 17.1 Å². The highest BCUT2D eigenvalue weighted by Gasteiger charge is 2.16. The fourth-order valence-electron chi connectivity index (χ4n) is 1.49. The summed E-state index contributed by atoms with van der Waals surface area (Å²) in [6, 6.07) is 3.54. The average Bonchev–Trinajstić information content (AvgIpc) is 2.83. The van der Waals surface area contributed by atoms with Gasteiger partial charge in [-0.25, -0.2) is 13.5 Å². The van der Waals surface area contributed by atoms with Gasteiger partial charge < -0.3 is 11.1 Å².